The van der Waals surface area contributed by atoms with Crippen molar-refractivity contribution >= 4 is 0 Å². The molecular formula is C9H18F2N2. The third kappa shape index (κ3) is 3.56. The standard InChI is InChI=1S/C9H18F2N2/c1-2-13(7-9(10)11)8-4-3-5-12-6-8/h8-9,12H,2-7H2,1H3. The Morgan fingerprint density at radius 1 is 1.54 bits per heavy atom. The van der Waals surface area contributed by atoms with E-state index in [0.29, 0.717) is 6.04 Å². The van der Waals surface area contributed by atoms with Gasteiger partial charge in [-0.3, -0.25) is 4.90 Å². The lowest BCUT2D eigenvalue weighted by Crippen LogP contribution is -2.47. The number of nitrogens with zero attached hydrogens (tertiary/aromatic N) is 1. The van der Waals surface area contributed by atoms with E-state index in [1.165, 1.54) is 0 Å². The van der Waals surface area contributed by atoms with Crippen molar-refractivity contribution in [3.05, 3.63) is 0 Å². The van der Waals surface area contributed by atoms with E-state index < -0.39 is 6.43 Å². The summed E-state index contributed by atoms with van der Waals surface area (Å²) in [5, 5.41) is 3.24. The molecule has 0 radical (unpaired) electrons. The summed E-state index contributed by atoms with van der Waals surface area (Å²) in [5.74, 6) is 0. The van der Waals surface area contributed by atoms with Crippen molar-refractivity contribution in [3.63, 3.8) is 0 Å². The molecule has 78 valence electrons. The molecule has 0 saturated carbocycles. The fraction of sp³-hybridized carbons (Fsp3) is 1.00. The maximum Gasteiger partial charge on any atom is 0.251 e. The molecule has 2 nitrogen and oxygen atoms in total. The van der Waals surface area contributed by atoms with Crippen molar-refractivity contribution < 1.29 is 8.78 Å². The second-order valence-electron chi connectivity index (χ2n) is 3.48. The molecule has 0 aliphatic carbocycles. The smallest absolute Gasteiger partial charge is 0.251 e. The van der Waals surface area contributed by atoms with Crippen LogP contribution in [0.2, 0.25) is 0 Å². The third-order valence-corrected chi connectivity index (χ3v) is 2.57. The Kier molecular flexibility index (Phi) is 4.59. The van der Waals surface area contributed by atoms with Crippen molar-refractivity contribution in [1.29, 1.82) is 0 Å². The van der Waals surface area contributed by atoms with Gasteiger partial charge < -0.3 is 5.32 Å². The van der Waals surface area contributed by atoms with Gasteiger partial charge in [0, 0.05) is 12.6 Å². The molecule has 1 aliphatic rings. The van der Waals surface area contributed by atoms with Crippen LogP contribution in [0.4, 0.5) is 8.78 Å². The monoisotopic (exact) mass is 192 g/mol. The van der Waals surface area contributed by atoms with E-state index in [2.05, 4.69) is 5.32 Å². The maximum absolute atomic E-state index is 12.2. The molecule has 1 rings (SSSR count). The van der Waals surface area contributed by atoms with Gasteiger partial charge >= 0.3 is 0 Å². The second-order valence-corrected chi connectivity index (χ2v) is 3.48. The van der Waals surface area contributed by atoms with Gasteiger partial charge in [0.2, 0.25) is 0 Å². The number of hydrogen-bond acceptors (Lipinski definition) is 2. The van der Waals surface area contributed by atoms with Crippen molar-refractivity contribution in [2.45, 2.75) is 32.2 Å². The third-order valence-electron chi connectivity index (χ3n) is 2.57. The first kappa shape index (κ1) is 10.9. The Labute approximate surface area is 78.3 Å². The van der Waals surface area contributed by atoms with Crippen molar-refractivity contribution in [3.8, 4) is 0 Å². The molecule has 0 bridgehead atoms. The van der Waals surface area contributed by atoms with Crippen molar-refractivity contribution in [2.75, 3.05) is 26.2 Å². The molecular weight excluding hydrogens is 174 g/mol. The van der Waals surface area contributed by atoms with Gasteiger partial charge in [-0.1, -0.05) is 6.92 Å². The van der Waals surface area contributed by atoms with E-state index in [4.69, 9.17) is 0 Å². The minimum absolute atomic E-state index is 0.0805. The Balaban J connectivity index is 2.34. The van der Waals surface area contributed by atoms with Gasteiger partial charge in [0.05, 0.1) is 6.54 Å². The van der Waals surface area contributed by atoms with Crippen LogP contribution in [-0.4, -0.2) is 43.5 Å². The van der Waals surface area contributed by atoms with Gasteiger partial charge in [-0.15, -0.1) is 0 Å². The average molecular weight is 192 g/mol. The number of likely N-dealkylation sites (N-methyl/N-ethyl adjacent to an activating group) is 1. The predicted molar refractivity (Wildman–Crippen MR) is 49.1 cm³/mol. The largest absolute Gasteiger partial charge is 0.315 e. The van der Waals surface area contributed by atoms with Crippen LogP contribution >= 0.6 is 0 Å². The van der Waals surface area contributed by atoms with Crippen LogP contribution in [0.25, 0.3) is 0 Å². The number of rotatable bonds is 4. The molecule has 13 heavy (non-hydrogen) atoms. The van der Waals surface area contributed by atoms with Gasteiger partial charge in [-0.25, -0.2) is 8.78 Å². The van der Waals surface area contributed by atoms with Gasteiger partial charge in [0.1, 0.15) is 0 Å². The Morgan fingerprint density at radius 2 is 2.31 bits per heavy atom. The number of hydrogen-bond donors (Lipinski definition) is 1. The lowest BCUT2D eigenvalue weighted by molar-refractivity contribution is 0.0614. The highest BCUT2D eigenvalue weighted by atomic mass is 19.3. The van der Waals surface area contributed by atoms with Gasteiger partial charge in [-0.2, -0.15) is 0 Å². The van der Waals surface area contributed by atoms with Crippen molar-refractivity contribution in [2.24, 2.45) is 0 Å². The van der Waals surface area contributed by atoms with Crippen molar-refractivity contribution in [1.82, 2.24) is 10.2 Å². The van der Waals surface area contributed by atoms with Crippen LogP contribution in [0.3, 0.4) is 0 Å². The van der Waals surface area contributed by atoms with Crippen LogP contribution in [0.15, 0.2) is 0 Å². The summed E-state index contributed by atoms with van der Waals surface area (Å²) in [6.07, 6.45) is -0.0558. The second kappa shape index (κ2) is 5.50. The minimum atomic E-state index is -2.21. The van der Waals surface area contributed by atoms with Gasteiger partial charge in [-0.05, 0) is 25.9 Å². The number of alkyl halides is 2. The van der Waals surface area contributed by atoms with E-state index in [1.54, 1.807) is 0 Å². The van der Waals surface area contributed by atoms with Gasteiger partial charge in [0.15, 0.2) is 0 Å². The molecule has 1 N–H and O–H groups in total. The summed E-state index contributed by atoms with van der Waals surface area (Å²) in [4.78, 5) is 1.87. The summed E-state index contributed by atoms with van der Waals surface area (Å²) in [6, 6.07) is 0.313. The zero-order chi connectivity index (χ0) is 9.68. The highest BCUT2D eigenvalue weighted by Crippen LogP contribution is 2.11. The van der Waals surface area contributed by atoms with Crippen LogP contribution in [-0.2, 0) is 0 Å². The van der Waals surface area contributed by atoms with E-state index in [9.17, 15) is 8.78 Å². The predicted octanol–water partition coefficient (Wildman–Crippen LogP) is 1.33. The number of piperidine rings is 1. The number of halogens is 2. The molecule has 1 unspecified atom stereocenters. The molecule has 1 heterocycles. The Hall–Kier alpha value is -0.220. The van der Waals surface area contributed by atoms with E-state index in [-0.39, 0.29) is 6.54 Å². The molecule has 0 aromatic carbocycles. The molecule has 0 spiro atoms. The summed E-state index contributed by atoms with van der Waals surface area (Å²) < 4.78 is 24.3. The average Bonchev–Trinajstić information content (AvgIpc) is 2.15. The van der Waals surface area contributed by atoms with Crippen LogP contribution < -0.4 is 5.32 Å². The topological polar surface area (TPSA) is 15.3 Å². The molecule has 1 saturated heterocycles. The zero-order valence-electron chi connectivity index (χ0n) is 8.10. The minimum Gasteiger partial charge on any atom is -0.315 e. The number of nitrogens with one attached hydrogen (secondary N) is 1. The molecule has 0 amide bonds. The first-order valence-electron chi connectivity index (χ1n) is 4.97. The maximum atomic E-state index is 12.2. The summed E-state index contributed by atoms with van der Waals surface area (Å²) in [7, 11) is 0. The lowest BCUT2D eigenvalue weighted by atomic mass is 10.1. The van der Waals surface area contributed by atoms with E-state index in [1.807, 2.05) is 11.8 Å². The Bertz CT molecular complexity index is 136. The quantitative estimate of drug-likeness (QED) is 0.722. The first-order valence-corrected chi connectivity index (χ1v) is 4.97. The normalized spacial score (nSPS) is 24.2. The summed E-state index contributed by atoms with van der Waals surface area (Å²) in [5.41, 5.74) is 0. The fourth-order valence-corrected chi connectivity index (χ4v) is 1.86. The highest BCUT2D eigenvalue weighted by molar-refractivity contribution is 4.78. The van der Waals surface area contributed by atoms with Gasteiger partial charge in [0.25, 0.3) is 6.43 Å². The van der Waals surface area contributed by atoms with Crippen LogP contribution in [0.1, 0.15) is 19.8 Å². The van der Waals surface area contributed by atoms with E-state index >= 15 is 0 Å². The molecule has 0 aromatic heterocycles. The van der Waals surface area contributed by atoms with Crippen LogP contribution in [0, 0.1) is 0 Å². The van der Waals surface area contributed by atoms with Crippen LogP contribution in [0.5, 0.6) is 0 Å². The SMILES string of the molecule is CCN(CC(F)F)C1CCCNC1. The Morgan fingerprint density at radius 3 is 2.77 bits per heavy atom. The lowest BCUT2D eigenvalue weighted by Gasteiger charge is -2.33. The fourth-order valence-electron chi connectivity index (χ4n) is 1.86. The molecule has 1 atom stereocenters. The first-order chi connectivity index (χ1) is 6.24. The summed E-state index contributed by atoms with van der Waals surface area (Å²) >= 11 is 0. The molecule has 1 fully saturated rings. The molecule has 4 heteroatoms. The van der Waals surface area contributed by atoms with E-state index in [0.717, 1.165) is 32.5 Å². The molecule has 0 aromatic rings. The molecule has 1 aliphatic heterocycles. The summed E-state index contributed by atoms with van der Waals surface area (Å²) in [6.45, 7) is 4.47. The zero-order valence-corrected chi connectivity index (χ0v) is 8.10. The highest BCUT2D eigenvalue weighted by Gasteiger charge is 2.21.